The number of thiocarbonyl (C=S) groups is 1. The normalized spacial score (nSPS) is 17.4. The number of furan rings is 1. The van der Waals surface area contributed by atoms with E-state index >= 15 is 0 Å². The van der Waals surface area contributed by atoms with Crippen LogP contribution in [0.5, 0.6) is 0 Å². The summed E-state index contributed by atoms with van der Waals surface area (Å²) in [6.45, 7) is 0.658. The minimum Gasteiger partial charge on any atom is -0.467 e. The minimum atomic E-state index is 0.550. The lowest BCUT2D eigenvalue weighted by atomic mass is 10.1. The van der Waals surface area contributed by atoms with E-state index in [2.05, 4.69) is 10.6 Å². The fraction of sp³-hybridized carbons (Fsp3) is 0.615. The van der Waals surface area contributed by atoms with Gasteiger partial charge >= 0.3 is 0 Å². The summed E-state index contributed by atoms with van der Waals surface area (Å²) >= 11 is 5.29. The Hall–Kier alpha value is -1.03. The van der Waals surface area contributed by atoms with Crippen molar-refractivity contribution in [1.29, 1.82) is 0 Å². The van der Waals surface area contributed by atoms with Crippen molar-refractivity contribution < 1.29 is 4.42 Å². The van der Waals surface area contributed by atoms with Crippen LogP contribution >= 0.6 is 12.2 Å². The summed E-state index contributed by atoms with van der Waals surface area (Å²) < 4.78 is 5.24. The third-order valence-electron chi connectivity index (χ3n) is 3.19. The summed E-state index contributed by atoms with van der Waals surface area (Å²) in [5, 5.41) is 7.32. The zero-order valence-electron chi connectivity index (χ0n) is 10.1. The van der Waals surface area contributed by atoms with Crippen LogP contribution in [-0.4, -0.2) is 11.2 Å². The van der Waals surface area contributed by atoms with E-state index < -0.39 is 0 Å². The molecule has 94 valence electrons. The number of hydrogen-bond donors (Lipinski definition) is 2. The van der Waals surface area contributed by atoms with Gasteiger partial charge in [0.05, 0.1) is 12.8 Å². The Bertz CT molecular complexity index is 329. The quantitative estimate of drug-likeness (QED) is 0.640. The summed E-state index contributed by atoms with van der Waals surface area (Å²) in [4.78, 5) is 0. The van der Waals surface area contributed by atoms with Crippen LogP contribution in [0.25, 0.3) is 0 Å². The first-order chi connectivity index (χ1) is 8.34. The summed E-state index contributed by atoms with van der Waals surface area (Å²) in [6.07, 6.45) is 9.52. The Kier molecular flexibility index (Phi) is 4.86. The third kappa shape index (κ3) is 4.38. The fourth-order valence-corrected chi connectivity index (χ4v) is 2.48. The molecular weight excluding hydrogens is 232 g/mol. The second-order valence-corrected chi connectivity index (χ2v) is 5.00. The molecule has 0 unspecified atom stereocenters. The molecule has 0 spiro atoms. The van der Waals surface area contributed by atoms with Gasteiger partial charge in [-0.2, -0.15) is 0 Å². The zero-order valence-corrected chi connectivity index (χ0v) is 10.9. The standard InChI is InChI=1S/C13H20N2OS/c17-13(14-10-12-8-5-9-16-12)15-11-6-3-1-2-4-7-11/h5,8-9,11H,1-4,6-7,10H2,(H2,14,15,17). The fourth-order valence-electron chi connectivity index (χ4n) is 2.24. The predicted molar refractivity (Wildman–Crippen MR) is 72.8 cm³/mol. The first-order valence-corrected chi connectivity index (χ1v) is 6.82. The smallest absolute Gasteiger partial charge is 0.166 e. The molecular formula is C13H20N2OS. The summed E-state index contributed by atoms with van der Waals surface area (Å²) in [5.41, 5.74) is 0. The van der Waals surface area contributed by atoms with Crippen LogP contribution < -0.4 is 10.6 Å². The van der Waals surface area contributed by atoms with Gasteiger partial charge in [0, 0.05) is 6.04 Å². The number of rotatable bonds is 3. The second kappa shape index (κ2) is 6.64. The highest BCUT2D eigenvalue weighted by Crippen LogP contribution is 2.17. The first kappa shape index (κ1) is 12.4. The Morgan fingerprint density at radius 3 is 2.71 bits per heavy atom. The highest BCUT2D eigenvalue weighted by molar-refractivity contribution is 7.80. The zero-order chi connectivity index (χ0) is 11.9. The minimum absolute atomic E-state index is 0.550. The molecule has 0 amide bonds. The Morgan fingerprint density at radius 1 is 1.29 bits per heavy atom. The van der Waals surface area contributed by atoms with Gasteiger partial charge in [0.2, 0.25) is 0 Å². The molecule has 0 radical (unpaired) electrons. The van der Waals surface area contributed by atoms with E-state index in [1.54, 1.807) is 6.26 Å². The van der Waals surface area contributed by atoms with Gasteiger partial charge in [-0.3, -0.25) is 0 Å². The van der Waals surface area contributed by atoms with Crippen molar-refractivity contribution in [3.8, 4) is 0 Å². The largest absolute Gasteiger partial charge is 0.467 e. The molecule has 0 aromatic carbocycles. The molecule has 1 aliphatic carbocycles. The Morgan fingerprint density at radius 2 is 2.06 bits per heavy atom. The van der Waals surface area contributed by atoms with E-state index in [4.69, 9.17) is 16.6 Å². The lowest BCUT2D eigenvalue weighted by Crippen LogP contribution is -2.41. The van der Waals surface area contributed by atoms with Crippen LogP contribution in [0.1, 0.15) is 44.3 Å². The predicted octanol–water partition coefficient (Wildman–Crippen LogP) is 2.97. The van der Waals surface area contributed by atoms with E-state index in [0.29, 0.717) is 12.6 Å². The van der Waals surface area contributed by atoms with Crippen LogP contribution in [0.15, 0.2) is 22.8 Å². The van der Waals surface area contributed by atoms with Crippen molar-refractivity contribution in [1.82, 2.24) is 10.6 Å². The van der Waals surface area contributed by atoms with Crippen LogP contribution in [0.2, 0.25) is 0 Å². The molecule has 1 aliphatic rings. The second-order valence-electron chi connectivity index (χ2n) is 4.59. The van der Waals surface area contributed by atoms with Gasteiger partial charge in [0.15, 0.2) is 5.11 Å². The number of hydrogen-bond acceptors (Lipinski definition) is 2. The highest BCUT2D eigenvalue weighted by Gasteiger charge is 2.12. The molecule has 0 saturated heterocycles. The molecule has 1 aromatic rings. The topological polar surface area (TPSA) is 37.2 Å². The van der Waals surface area contributed by atoms with Gasteiger partial charge in [-0.25, -0.2) is 0 Å². The van der Waals surface area contributed by atoms with Gasteiger partial charge in [0.25, 0.3) is 0 Å². The summed E-state index contributed by atoms with van der Waals surface area (Å²) in [6, 6.07) is 4.38. The van der Waals surface area contributed by atoms with Crippen molar-refractivity contribution in [3.05, 3.63) is 24.2 Å². The van der Waals surface area contributed by atoms with Crippen molar-refractivity contribution >= 4 is 17.3 Å². The van der Waals surface area contributed by atoms with Gasteiger partial charge in [-0.1, -0.05) is 25.7 Å². The molecule has 1 saturated carbocycles. The first-order valence-electron chi connectivity index (χ1n) is 6.41. The highest BCUT2D eigenvalue weighted by atomic mass is 32.1. The van der Waals surface area contributed by atoms with Gasteiger partial charge in [-0.05, 0) is 37.2 Å². The van der Waals surface area contributed by atoms with Gasteiger partial charge in [0.1, 0.15) is 5.76 Å². The SMILES string of the molecule is S=C(NCc1ccco1)NC1CCCCCC1. The Balaban J connectivity index is 1.69. The van der Waals surface area contributed by atoms with Crippen LogP contribution in [0.4, 0.5) is 0 Å². The molecule has 2 rings (SSSR count). The average molecular weight is 252 g/mol. The maximum Gasteiger partial charge on any atom is 0.166 e. The lowest BCUT2D eigenvalue weighted by Gasteiger charge is -2.18. The molecule has 17 heavy (non-hydrogen) atoms. The molecule has 0 aliphatic heterocycles. The van der Waals surface area contributed by atoms with E-state index in [0.717, 1.165) is 10.9 Å². The molecule has 0 atom stereocenters. The molecule has 2 N–H and O–H groups in total. The van der Waals surface area contributed by atoms with E-state index in [1.165, 1.54) is 38.5 Å². The molecule has 4 heteroatoms. The summed E-state index contributed by atoms with van der Waals surface area (Å²) in [7, 11) is 0. The molecule has 1 aromatic heterocycles. The monoisotopic (exact) mass is 252 g/mol. The van der Waals surface area contributed by atoms with Gasteiger partial charge < -0.3 is 15.1 Å². The van der Waals surface area contributed by atoms with Gasteiger partial charge in [-0.15, -0.1) is 0 Å². The van der Waals surface area contributed by atoms with Crippen molar-refractivity contribution in [2.45, 2.75) is 51.1 Å². The van der Waals surface area contributed by atoms with E-state index in [1.807, 2.05) is 12.1 Å². The van der Waals surface area contributed by atoms with E-state index in [9.17, 15) is 0 Å². The average Bonchev–Trinajstić information content (AvgIpc) is 2.72. The molecule has 1 heterocycles. The van der Waals surface area contributed by atoms with Crippen molar-refractivity contribution in [3.63, 3.8) is 0 Å². The van der Waals surface area contributed by atoms with Crippen LogP contribution in [0.3, 0.4) is 0 Å². The lowest BCUT2D eigenvalue weighted by molar-refractivity contribution is 0.495. The summed E-state index contributed by atoms with van der Waals surface area (Å²) in [5.74, 6) is 0.912. The van der Waals surface area contributed by atoms with Crippen molar-refractivity contribution in [2.24, 2.45) is 0 Å². The van der Waals surface area contributed by atoms with Crippen LogP contribution in [0, 0.1) is 0 Å². The Labute approximate surface area is 108 Å². The third-order valence-corrected chi connectivity index (χ3v) is 3.46. The van der Waals surface area contributed by atoms with Crippen molar-refractivity contribution in [2.75, 3.05) is 0 Å². The maximum atomic E-state index is 5.29. The number of nitrogens with one attached hydrogen (secondary N) is 2. The van der Waals surface area contributed by atoms with E-state index in [-0.39, 0.29) is 0 Å². The molecule has 0 bridgehead atoms. The van der Waals surface area contributed by atoms with Crippen LogP contribution in [-0.2, 0) is 6.54 Å². The maximum absolute atomic E-state index is 5.29. The molecule has 3 nitrogen and oxygen atoms in total. The molecule has 1 fully saturated rings.